The second kappa shape index (κ2) is 11.8. The van der Waals surface area contributed by atoms with E-state index in [9.17, 15) is 4.79 Å². The largest absolute Gasteiger partial charge is 0.352 e. The number of carbonyl (C=O) groups is 1. The maximum Gasteiger partial charge on any atom is 0.222 e. The number of amides is 1. The van der Waals surface area contributed by atoms with E-state index in [1.807, 2.05) is 40.0 Å². The van der Waals surface area contributed by atoms with E-state index in [0.29, 0.717) is 19.5 Å². The lowest BCUT2D eigenvalue weighted by atomic mass is 10.1. The van der Waals surface area contributed by atoms with Crippen LogP contribution < -0.4 is 10.6 Å². The van der Waals surface area contributed by atoms with Gasteiger partial charge < -0.3 is 15.5 Å². The van der Waals surface area contributed by atoms with Crippen molar-refractivity contribution < 1.29 is 4.79 Å². The molecular formula is C25H31IN6O. The summed E-state index contributed by atoms with van der Waals surface area (Å²) in [6, 6.07) is 18.7. The number of nitrogens with one attached hydrogen (secondary N) is 2. The molecule has 2 aromatic carbocycles. The SMILES string of the molecule is CN=C(NCc1cccc(CN2CCCC2=O)c1)NC(C)c1cccc(-n2cccn2)c1.I. The summed E-state index contributed by atoms with van der Waals surface area (Å²) < 4.78 is 1.85. The van der Waals surface area contributed by atoms with Gasteiger partial charge in [-0.05, 0) is 48.2 Å². The Balaban J connectivity index is 0.00000306. The minimum absolute atomic E-state index is 0. The average Bonchev–Trinajstić information content (AvgIpc) is 3.49. The zero-order valence-electron chi connectivity index (χ0n) is 19.1. The molecule has 1 aliphatic heterocycles. The molecule has 1 unspecified atom stereocenters. The molecule has 174 valence electrons. The van der Waals surface area contributed by atoms with Crippen molar-refractivity contribution in [2.24, 2.45) is 4.99 Å². The van der Waals surface area contributed by atoms with Gasteiger partial charge in [0.1, 0.15) is 0 Å². The lowest BCUT2D eigenvalue weighted by molar-refractivity contribution is -0.128. The molecule has 8 heteroatoms. The molecule has 1 amide bonds. The van der Waals surface area contributed by atoms with Crippen LogP contribution in [0.1, 0.15) is 42.5 Å². The first-order valence-electron chi connectivity index (χ1n) is 11.0. The summed E-state index contributed by atoms with van der Waals surface area (Å²) in [4.78, 5) is 18.2. The van der Waals surface area contributed by atoms with Gasteiger partial charge in [-0.25, -0.2) is 4.68 Å². The van der Waals surface area contributed by atoms with E-state index in [2.05, 4.69) is 58.0 Å². The summed E-state index contributed by atoms with van der Waals surface area (Å²) in [5.41, 5.74) is 4.49. The lowest BCUT2D eigenvalue weighted by Gasteiger charge is -2.19. The number of rotatable bonds is 7. The van der Waals surface area contributed by atoms with Crippen molar-refractivity contribution in [1.29, 1.82) is 0 Å². The van der Waals surface area contributed by atoms with Crippen molar-refractivity contribution in [3.8, 4) is 5.69 Å². The first kappa shape index (κ1) is 24.8. The molecule has 2 heterocycles. The summed E-state index contributed by atoms with van der Waals surface area (Å²) in [6.07, 6.45) is 5.35. The monoisotopic (exact) mass is 558 g/mol. The Morgan fingerprint density at radius 1 is 1.15 bits per heavy atom. The summed E-state index contributed by atoms with van der Waals surface area (Å²) in [5.74, 6) is 0.992. The fourth-order valence-electron chi connectivity index (χ4n) is 3.96. The number of carbonyl (C=O) groups excluding carboxylic acids is 1. The van der Waals surface area contributed by atoms with Gasteiger partial charge >= 0.3 is 0 Å². The number of guanidine groups is 1. The van der Waals surface area contributed by atoms with Crippen LogP contribution in [0.25, 0.3) is 5.69 Å². The molecule has 0 saturated carbocycles. The molecule has 0 bridgehead atoms. The smallest absolute Gasteiger partial charge is 0.222 e. The van der Waals surface area contributed by atoms with E-state index in [0.717, 1.165) is 41.3 Å². The van der Waals surface area contributed by atoms with Crippen LogP contribution in [-0.2, 0) is 17.9 Å². The van der Waals surface area contributed by atoms with Gasteiger partial charge in [0.2, 0.25) is 5.91 Å². The van der Waals surface area contributed by atoms with Crippen LogP contribution in [0.2, 0.25) is 0 Å². The summed E-state index contributed by atoms with van der Waals surface area (Å²) in [5, 5.41) is 11.2. The Labute approximate surface area is 212 Å². The molecule has 1 atom stereocenters. The highest BCUT2D eigenvalue weighted by Gasteiger charge is 2.20. The van der Waals surface area contributed by atoms with Gasteiger partial charge in [0, 0.05) is 45.5 Å². The number of likely N-dealkylation sites (tertiary alicyclic amines) is 1. The zero-order valence-corrected chi connectivity index (χ0v) is 21.4. The Bertz CT molecular complexity index is 1080. The third-order valence-corrected chi connectivity index (χ3v) is 5.71. The van der Waals surface area contributed by atoms with Crippen LogP contribution in [-0.4, -0.2) is 40.1 Å². The maximum absolute atomic E-state index is 11.9. The van der Waals surface area contributed by atoms with Crippen LogP contribution in [0, 0.1) is 0 Å². The van der Waals surface area contributed by atoms with Crippen LogP contribution >= 0.6 is 24.0 Å². The van der Waals surface area contributed by atoms with E-state index in [1.165, 1.54) is 0 Å². The number of hydrogen-bond donors (Lipinski definition) is 2. The molecule has 3 aromatic rings. The number of aromatic nitrogens is 2. The molecule has 1 aliphatic rings. The Morgan fingerprint density at radius 3 is 2.70 bits per heavy atom. The van der Waals surface area contributed by atoms with E-state index in [4.69, 9.17) is 0 Å². The Hall–Kier alpha value is -2.88. The second-order valence-corrected chi connectivity index (χ2v) is 8.08. The van der Waals surface area contributed by atoms with Gasteiger partial charge in [-0.2, -0.15) is 5.10 Å². The normalized spacial score (nSPS) is 14.7. The van der Waals surface area contributed by atoms with Crippen molar-refractivity contribution in [2.45, 2.75) is 38.9 Å². The van der Waals surface area contributed by atoms with Gasteiger partial charge in [-0.1, -0.05) is 36.4 Å². The number of halogens is 1. The van der Waals surface area contributed by atoms with E-state index >= 15 is 0 Å². The predicted octanol–water partition coefficient (Wildman–Crippen LogP) is 4.04. The number of hydrogen-bond acceptors (Lipinski definition) is 3. The van der Waals surface area contributed by atoms with E-state index < -0.39 is 0 Å². The van der Waals surface area contributed by atoms with Crippen LogP contribution in [0.4, 0.5) is 0 Å². The molecule has 0 spiro atoms. The highest BCUT2D eigenvalue weighted by molar-refractivity contribution is 14.0. The molecule has 1 saturated heterocycles. The minimum Gasteiger partial charge on any atom is -0.352 e. The van der Waals surface area contributed by atoms with Gasteiger partial charge in [0.05, 0.1) is 11.7 Å². The molecular weight excluding hydrogens is 527 g/mol. The van der Waals surface area contributed by atoms with Crippen molar-refractivity contribution >= 4 is 35.8 Å². The van der Waals surface area contributed by atoms with E-state index in [-0.39, 0.29) is 35.9 Å². The molecule has 1 fully saturated rings. The van der Waals surface area contributed by atoms with Crippen LogP contribution in [0.15, 0.2) is 72.0 Å². The highest BCUT2D eigenvalue weighted by atomic mass is 127. The van der Waals surface area contributed by atoms with Gasteiger partial charge in [-0.15, -0.1) is 24.0 Å². The molecule has 0 aliphatic carbocycles. The van der Waals surface area contributed by atoms with Crippen molar-refractivity contribution in [3.63, 3.8) is 0 Å². The third-order valence-electron chi connectivity index (χ3n) is 5.71. The standard InChI is InChI=1S/C25H30N6O.HI/c1-19(22-9-4-10-23(16-22)31-14-6-12-28-31)29-25(26-2)27-17-20-7-3-8-21(15-20)18-30-13-5-11-24(30)32;/h3-4,6-10,12,14-16,19H,5,11,13,17-18H2,1-2H3,(H2,26,27,29);1H. The quantitative estimate of drug-likeness (QED) is 0.261. The summed E-state index contributed by atoms with van der Waals surface area (Å²) >= 11 is 0. The van der Waals surface area contributed by atoms with Crippen molar-refractivity contribution in [1.82, 2.24) is 25.3 Å². The van der Waals surface area contributed by atoms with E-state index in [1.54, 1.807) is 13.2 Å². The lowest BCUT2D eigenvalue weighted by Crippen LogP contribution is -2.38. The molecule has 0 radical (unpaired) electrons. The fourth-order valence-corrected chi connectivity index (χ4v) is 3.96. The number of aliphatic imine (C=N–C) groups is 1. The minimum atomic E-state index is 0. The maximum atomic E-state index is 11.9. The molecule has 1 aromatic heterocycles. The molecule has 7 nitrogen and oxygen atoms in total. The third kappa shape index (κ3) is 6.56. The van der Waals surface area contributed by atoms with Crippen molar-refractivity contribution in [2.75, 3.05) is 13.6 Å². The van der Waals surface area contributed by atoms with Crippen LogP contribution in [0.3, 0.4) is 0 Å². The van der Waals surface area contributed by atoms with Gasteiger partial charge in [-0.3, -0.25) is 9.79 Å². The highest BCUT2D eigenvalue weighted by Crippen LogP contribution is 2.17. The fraction of sp³-hybridized carbons (Fsp3) is 0.320. The number of nitrogens with zero attached hydrogens (tertiary/aromatic N) is 4. The topological polar surface area (TPSA) is 74.6 Å². The molecule has 4 rings (SSSR count). The average molecular weight is 558 g/mol. The predicted molar refractivity (Wildman–Crippen MR) is 142 cm³/mol. The second-order valence-electron chi connectivity index (χ2n) is 8.08. The summed E-state index contributed by atoms with van der Waals surface area (Å²) in [6.45, 7) is 4.31. The van der Waals surface area contributed by atoms with Crippen LogP contribution in [0.5, 0.6) is 0 Å². The van der Waals surface area contributed by atoms with Gasteiger partial charge in [0.25, 0.3) is 0 Å². The Kier molecular flexibility index (Phi) is 8.87. The number of benzene rings is 2. The molecule has 2 N–H and O–H groups in total. The first-order valence-corrected chi connectivity index (χ1v) is 11.0. The Morgan fingerprint density at radius 2 is 1.97 bits per heavy atom. The van der Waals surface area contributed by atoms with Crippen molar-refractivity contribution in [3.05, 3.63) is 83.7 Å². The first-order chi connectivity index (χ1) is 15.6. The molecule has 33 heavy (non-hydrogen) atoms. The summed E-state index contributed by atoms with van der Waals surface area (Å²) in [7, 11) is 1.78. The zero-order chi connectivity index (χ0) is 22.3. The van der Waals surface area contributed by atoms with Gasteiger partial charge in [0.15, 0.2) is 5.96 Å².